The molecule has 1 saturated carbocycles. The van der Waals surface area contributed by atoms with Crippen LogP contribution in [0.2, 0.25) is 0 Å². The number of nitrogens with zero attached hydrogens (tertiary/aromatic N) is 2. The molecule has 1 atom stereocenters. The van der Waals surface area contributed by atoms with Crippen LogP contribution in [0.3, 0.4) is 0 Å². The van der Waals surface area contributed by atoms with Crippen LogP contribution in [-0.2, 0) is 26.2 Å². The van der Waals surface area contributed by atoms with Crippen molar-refractivity contribution in [1.29, 1.82) is 0 Å². The smallest absolute Gasteiger partial charge is 0.242 e. The minimum Gasteiger partial charge on any atom is -0.352 e. The molecule has 0 bridgehead atoms. The molecule has 1 aliphatic carbocycles. The fourth-order valence-electron chi connectivity index (χ4n) is 4.56. The highest BCUT2D eigenvalue weighted by Gasteiger charge is 2.29. The first-order valence-electron chi connectivity index (χ1n) is 12.5. The lowest BCUT2D eigenvalue weighted by atomic mass is 9.95. The zero-order chi connectivity index (χ0) is 26.1. The highest BCUT2D eigenvalue weighted by atomic mass is 32.2. The van der Waals surface area contributed by atoms with E-state index in [2.05, 4.69) is 5.32 Å². The van der Waals surface area contributed by atoms with Gasteiger partial charge in [-0.05, 0) is 44.4 Å². The van der Waals surface area contributed by atoms with Crippen molar-refractivity contribution in [3.05, 3.63) is 66.0 Å². The van der Waals surface area contributed by atoms with Crippen LogP contribution in [0.4, 0.5) is 10.1 Å². The standard InChI is InChI=1S/C27H36FN3O4S/c1-21(27(33)29-23-13-5-3-6-14-23)30(20-22-12-9-10-17-25(22)28)26(32)18-11-19-31(36(2,34)35)24-15-7-4-8-16-24/h4,7-10,12,15-17,21,23H,3,5-6,11,13-14,18-20H2,1-2H3,(H,29,33)/t21-/m1/s1. The maximum Gasteiger partial charge on any atom is 0.242 e. The first kappa shape index (κ1) is 27.6. The van der Waals surface area contributed by atoms with Gasteiger partial charge in [0.1, 0.15) is 11.9 Å². The van der Waals surface area contributed by atoms with E-state index in [1.165, 1.54) is 15.3 Å². The lowest BCUT2D eigenvalue weighted by Crippen LogP contribution is -2.50. The monoisotopic (exact) mass is 517 g/mol. The summed E-state index contributed by atoms with van der Waals surface area (Å²) in [6.07, 6.45) is 6.53. The van der Waals surface area contributed by atoms with Gasteiger partial charge < -0.3 is 10.2 Å². The molecule has 0 radical (unpaired) electrons. The molecule has 3 rings (SSSR count). The molecular formula is C27H36FN3O4S. The van der Waals surface area contributed by atoms with Crippen LogP contribution >= 0.6 is 0 Å². The summed E-state index contributed by atoms with van der Waals surface area (Å²) >= 11 is 0. The molecule has 36 heavy (non-hydrogen) atoms. The van der Waals surface area contributed by atoms with Gasteiger partial charge in [-0.15, -0.1) is 0 Å². The third-order valence-corrected chi connectivity index (χ3v) is 7.81. The molecule has 0 saturated heterocycles. The quantitative estimate of drug-likeness (QED) is 0.483. The van der Waals surface area contributed by atoms with Crippen molar-refractivity contribution >= 4 is 27.5 Å². The number of hydrogen-bond acceptors (Lipinski definition) is 4. The van der Waals surface area contributed by atoms with Gasteiger partial charge in [0.25, 0.3) is 0 Å². The van der Waals surface area contributed by atoms with Gasteiger partial charge in [-0.3, -0.25) is 13.9 Å². The van der Waals surface area contributed by atoms with Gasteiger partial charge >= 0.3 is 0 Å². The predicted octanol–water partition coefficient (Wildman–Crippen LogP) is 4.24. The van der Waals surface area contributed by atoms with Crippen molar-refractivity contribution in [2.24, 2.45) is 0 Å². The SMILES string of the molecule is C[C@H](C(=O)NC1CCCCC1)N(Cc1ccccc1F)C(=O)CCCN(c1ccccc1)S(C)(=O)=O. The van der Waals surface area contributed by atoms with Gasteiger partial charge in [0, 0.05) is 31.1 Å². The first-order valence-corrected chi connectivity index (χ1v) is 14.4. The molecular weight excluding hydrogens is 481 g/mol. The van der Waals surface area contributed by atoms with Crippen LogP contribution in [-0.4, -0.2) is 50.0 Å². The van der Waals surface area contributed by atoms with E-state index in [1.807, 2.05) is 0 Å². The second-order valence-electron chi connectivity index (χ2n) is 9.41. The second-order valence-corrected chi connectivity index (χ2v) is 11.3. The molecule has 0 spiro atoms. The molecule has 2 aromatic carbocycles. The third kappa shape index (κ3) is 7.78. The third-order valence-electron chi connectivity index (χ3n) is 6.61. The summed E-state index contributed by atoms with van der Waals surface area (Å²) in [5.74, 6) is -1.03. The maximum absolute atomic E-state index is 14.4. The number of rotatable bonds is 11. The normalized spacial score (nSPS) is 15.2. The Balaban J connectivity index is 1.71. The molecule has 0 aliphatic heterocycles. The van der Waals surface area contributed by atoms with Gasteiger partial charge in [0.05, 0.1) is 11.9 Å². The molecule has 0 aromatic heterocycles. The topological polar surface area (TPSA) is 86.8 Å². The van der Waals surface area contributed by atoms with Crippen molar-refractivity contribution in [2.45, 2.75) is 70.5 Å². The number of carbonyl (C=O) groups is 2. The summed E-state index contributed by atoms with van der Waals surface area (Å²) in [5.41, 5.74) is 0.848. The van der Waals surface area contributed by atoms with E-state index in [1.54, 1.807) is 55.5 Å². The van der Waals surface area contributed by atoms with Crippen LogP contribution in [0, 0.1) is 5.82 Å². The van der Waals surface area contributed by atoms with E-state index in [0.29, 0.717) is 11.3 Å². The number of halogens is 1. The van der Waals surface area contributed by atoms with E-state index < -0.39 is 21.9 Å². The Morgan fingerprint density at radius 2 is 1.67 bits per heavy atom. The van der Waals surface area contributed by atoms with E-state index in [9.17, 15) is 22.4 Å². The molecule has 1 N–H and O–H groups in total. The zero-order valence-electron chi connectivity index (χ0n) is 21.0. The minimum absolute atomic E-state index is 0.0222. The Bertz CT molecular complexity index is 1120. The number of benzene rings is 2. The number of nitrogens with one attached hydrogen (secondary N) is 1. The average Bonchev–Trinajstić information content (AvgIpc) is 2.86. The molecule has 9 heteroatoms. The van der Waals surface area contributed by atoms with Crippen molar-refractivity contribution in [3.63, 3.8) is 0 Å². The summed E-state index contributed by atoms with van der Waals surface area (Å²) in [5, 5.41) is 3.06. The number of amides is 2. The summed E-state index contributed by atoms with van der Waals surface area (Å²) in [4.78, 5) is 27.8. The fraction of sp³-hybridized carbons (Fsp3) is 0.481. The van der Waals surface area contributed by atoms with Crippen molar-refractivity contribution in [2.75, 3.05) is 17.1 Å². The Morgan fingerprint density at radius 3 is 2.31 bits per heavy atom. The van der Waals surface area contributed by atoms with Gasteiger partial charge in [0.15, 0.2) is 0 Å². The van der Waals surface area contributed by atoms with Gasteiger partial charge in [-0.1, -0.05) is 55.7 Å². The Labute approximate surface area is 213 Å². The molecule has 2 aromatic rings. The first-order chi connectivity index (χ1) is 17.2. The number of sulfonamides is 1. The number of hydrogen-bond donors (Lipinski definition) is 1. The molecule has 196 valence electrons. The highest BCUT2D eigenvalue weighted by Crippen LogP contribution is 2.20. The summed E-state index contributed by atoms with van der Waals surface area (Å²) in [6, 6.07) is 14.2. The lowest BCUT2D eigenvalue weighted by Gasteiger charge is -2.31. The van der Waals surface area contributed by atoms with Crippen LogP contribution in [0.1, 0.15) is 57.4 Å². The maximum atomic E-state index is 14.4. The van der Waals surface area contributed by atoms with E-state index in [4.69, 9.17) is 0 Å². The Morgan fingerprint density at radius 1 is 1.03 bits per heavy atom. The largest absolute Gasteiger partial charge is 0.352 e. The Kier molecular flexibility index (Phi) is 9.87. The van der Waals surface area contributed by atoms with Crippen LogP contribution < -0.4 is 9.62 Å². The van der Waals surface area contributed by atoms with Crippen LogP contribution in [0.25, 0.3) is 0 Å². The molecule has 0 heterocycles. The van der Waals surface area contributed by atoms with E-state index in [-0.39, 0.29) is 43.8 Å². The van der Waals surface area contributed by atoms with E-state index in [0.717, 1.165) is 38.4 Å². The van der Waals surface area contributed by atoms with Crippen molar-refractivity contribution < 1.29 is 22.4 Å². The van der Waals surface area contributed by atoms with Crippen molar-refractivity contribution in [1.82, 2.24) is 10.2 Å². The lowest BCUT2D eigenvalue weighted by molar-refractivity contribution is -0.141. The predicted molar refractivity (Wildman–Crippen MR) is 139 cm³/mol. The Hall–Kier alpha value is -2.94. The van der Waals surface area contributed by atoms with Crippen LogP contribution in [0.5, 0.6) is 0 Å². The van der Waals surface area contributed by atoms with E-state index >= 15 is 0 Å². The van der Waals surface area contributed by atoms with Gasteiger partial charge in [-0.2, -0.15) is 0 Å². The number of anilines is 1. The highest BCUT2D eigenvalue weighted by molar-refractivity contribution is 7.92. The van der Waals surface area contributed by atoms with Gasteiger partial charge in [0.2, 0.25) is 21.8 Å². The number of para-hydroxylation sites is 1. The summed E-state index contributed by atoms with van der Waals surface area (Å²) < 4.78 is 40.4. The summed E-state index contributed by atoms with van der Waals surface area (Å²) in [7, 11) is -3.54. The zero-order valence-corrected chi connectivity index (χ0v) is 21.8. The van der Waals surface area contributed by atoms with Crippen molar-refractivity contribution in [3.8, 4) is 0 Å². The van der Waals surface area contributed by atoms with Gasteiger partial charge in [-0.25, -0.2) is 12.8 Å². The second kappa shape index (κ2) is 12.9. The summed E-state index contributed by atoms with van der Waals surface area (Å²) in [6.45, 7) is 1.73. The fourth-order valence-corrected chi connectivity index (χ4v) is 5.53. The average molecular weight is 518 g/mol. The molecule has 1 fully saturated rings. The molecule has 2 amide bonds. The molecule has 1 aliphatic rings. The molecule has 7 nitrogen and oxygen atoms in total. The molecule has 0 unspecified atom stereocenters. The number of carbonyl (C=O) groups excluding carboxylic acids is 2. The minimum atomic E-state index is -3.54. The van der Waals surface area contributed by atoms with Crippen LogP contribution in [0.15, 0.2) is 54.6 Å².